The lowest BCUT2D eigenvalue weighted by molar-refractivity contribution is -0.164. The van der Waals surface area contributed by atoms with Gasteiger partial charge in [0.1, 0.15) is 0 Å². The number of rotatable bonds is 8. The molecule has 1 amide bonds. The normalized spacial score (nSPS) is 14.9. The summed E-state index contributed by atoms with van der Waals surface area (Å²) >= 11 is 0. The molecule has 0 spiro atoms. The number of esters is 1. The van der Waals surface area contributed by atoms with Crippen molar-refractivity contribution in [2.45, 2.75) is 39.0 Å². The highest BCUT2D eigenvalue weighted by atomic mass is 16.6. The number of hydrogen-bond acceptors (Lipinski definition) is 7. The summed E-state index contributed by atoms with van der Waals surface area (Å²) in [7, 11) is 0. The molecule has 10 heteroatoms. The van der Waals surface area contributed by atoms with E-state index in [-0.39, 0.29) is 34.9 Å². The van der Waals surface area contributed by atoms with E-state index in [0.717, 1.165) is 5.56 Å². The first-order valence-electron chi connectivity index (χ1n) is 10.7. The van der Waals surface area contributed by atoms with Crippen molar-refractivity contribution in [2.24, 2.45) is 5.41 Å². The molecular weight excluding hydrogens is 442 g/mol. The number of carbonyl (C=O) groups is 3. The highest BCUT2D eigenvalue weighted by Gasteiger charge is 2.59. The maximum atomic E-state index is 12.8. The van der Waals surface area contributed by atoms with E-state index in [1.54, 1.807) is 6.20 Å². The zero-order chi connectivity index (χ0) is 24.5. The molecule has 176 valence electrons. The number of ether oxygens (including phenoxy) is 1. The summed E-state index contributed by atoms with van der Waals surface area (Å²) < 4.78 is 6.55. The number of benzene rings is 1. The highest BCUT2D eigenvalue weighted by molar-refractivity contribution is 6.03. The number of amides is 1. The number of aromatic nitrogens is 2. The van der Waals surface area contributed by atoms with Crippen LogP contribution in [0.5, 0.6) is 5.75 Å². The van der Waals surface area contributed by atoms with E-state index in [2.05, 4.69) is 10.3 Å². The van der Waals surface area contributed by atoms with Crippen LogP contribution in [0.3, 0.4) is 0 Å². The van der Waals surface area contributed by atoms with Crippen LogP contribution in [-0.4, -0.2) is 43.8 Å². The molecule has 2 heterocycles. The minimum absolute atomic E-state index is 0.154. The highest BCUT2D eigenvalue weighted by Crippen LogP contribution is 2.47. The minimum atomic E-state index is -1.55. The van der Waals surface area contributed by atoms with Crippen molar-refractivity contribution < 1.29 is 29.3 Å². The van der Waals surface area contributed by atoms with Gasteiger partial charge >= 0.3 is 11.9 Å². The number of carbonyl (C=O) groups excluding carboxylic acids is 2. The van der Waals surface area contributed by atoms with E-state index in [1.807, 2.05) is 30.3 Å². The number of nitrogens with zero attached hydrogens (tertiary/aromatic N) is 2. The van der Waals surface area contributed by atoms with Gasteiger partial charge in [-0.1, -0.05) is 30.3 Å². The smallest absolute Gasteiger partial charge is 0.325 e. The Labute approximate surface area is 193 Å². The Balaban J connectivity index is 1.48. The Morgan fingerprint density at radius 1 is 1.18 bits per heavy atom. The molecule has 3 aromatic rings. The molecule has 2 aromatic heterocycles. The lowest BCUT2D eigenvalue weighted by Gasteiger charge is -2.17. The van der Waals surface area contributed by atoms with Crippen LogP contribution >= 0.6 is 0 Å². The number of aliphatic carboxylic acids is 1. The Morgan fingerprint density at radius 2 is 1.88 bits per heavy atom. The van der Waals surface area contributed by atoms with Crippen molar-refractivity contribution in [1.82, 2.24) is 14.9 Å². The molecule has 0 aliphatic heterocycles. The maximum Gasteiger partial charge on any atom is 0.325 e. The van der Waals surface area contributed by atoms with Crippen molar-refractivity contribution >= 4 is 28.6 Å². The van der Waals surface area contributed by atoms with Gasteiger partial charge < -0.3 is 24.8 Å². The minimum Gasteiger partial charge on any atom is -0.505 e. The summed E-state index contributed by atoms with van der Waals surface area (Å²) in [6.07, 6.45) is 2.60. The zero-order valence-corrected chi connectivity index (χ0v) is 18.4. The first kappa shape index (κ1) is 23.0. The van der Waals surface area contributed by atoms with E-state index in [0.29, 0.717) is 13.0 Å². The SMILES string of the molecule is CC(NC(=O)c1ncc2c(=O)n(CCc3ccccc3)ccc2c1O)OC(=O)C1(C(=O)O)CC1. The number of carboxylic acid groups (broad SMARTS) is 1. The van der Waals surface area contributed by atoms with Gasteiger partial charge in [0.05, 0.1) is 5.39 Å². The van der Waals surface area contributed by atoms with Gasteiger partial charge in [-0.05, 0) is 37.8 Å². The molecule has 1 atom stereocenters. The molecule has 1 saturated carbocycles. The third-order valence-electron chi connectivity index (χ3n) is 5.87. The number of aryl methyl sites for hydroxylation is 2. The molecular formula is C24H23N3O7. The molecule has 4 rings (SSSR count). The van der Waals surface area contributed by atoms with Crippen molar-refractivity contribution in [3.63, 3.8) is 0 Å². The standard InChI is InChI=1S/C24H23N3O7/c1-14(34-23(33)24(9-10-24)22(31)32)26-20(29)18-19(28)16-8-12-27(21(30)17(16)13-25-18)11-7-15-5-3-2-4-6-15/h2-6,8,12-14,28H,7,9-11H2,1H3,(H,26,29)(H,31,32). The van der Waals surface area contributed by atoms with Gasteiger partial charge in [0, 0.05) is 24.3 Å². The molecule has 34 heavy (non-hydrogen) atoms. The quantitative estimate of drug-likeness (QED) is 0.259. The first-order chi connectivity index (χ1) is 16.2. The van der Waals surface area contributed by atoms with Crippen LogP contribution in [-0.2, 0) is 27.3 Å². The molecule has 1 aromatic carbocycles. The van der Waals surface area contributed by atoms with Crippen molar-refractivity contribution in [2.75, 3.05) is 0 Å². The summed E-state index contributed by atoms with van der Waals surface area (Å²) in [4.78, 5) is 52.7. The van der Waals surface area contributed by atoms with E-state index in [9.17, 15) is 24.3 Å². The molecule has 1 aliphatic rings. The summed E-state index contributed by atoms with van der Waals surface area (Å²) in [5.41, 5.74) is -1.18. The third-order valence-corrected chi connectivity index (χ3v) is 5.87. The predicted molar refractivity (Wildman–Crippen MR) is 120 cm³/mol. The summed E-state index contributed by atoms with van der Waals surface area (Å²) in [6, 6.07) is 11.2. The van der Waals surface area contributed by atoms with Crippen LogP contribution in [0, 0.1) is 5.41 Å². The number of nitrogens with one attached hydrogen (secondary N) is 1. The van der Waals surface area contributed by atoms with E-state index in [1.165, 1.54) is 23.8 Å². The van der Waals surface area contributed by atoms with Gasteiger partial charge in [-0.15, -0.1) is 0 Å². The van der Waals surface area contributed by atoms with Crippen LogP contribution in [0.25, 0.3) is 10.8 Å². The first-order valence-corrected chi connectivity index (χ1v) is 10.7. The maximum absolute atomic E-state index is 12.8. The molecule has 10 nitrogen and oxygen atoms in total. The van der Waals surface area contributed by atoms with Crippen LogP contribution in [0.1, 0.15) is 35.8 Å². The van der Waals surface area contributed by atoms with Crippen molar-refractivity contribution in [1.29, 1.82) is 0 Å². The Hall–Kier alpha value is -4.21. The van der Waals surface area contributed by atoms with Crippen molar-refractivity contribution in [3.8, 4) is 5.75 Å². The molecule has 1 unspecified atom stereocenters. The molecule has 0 bridgehead atoms. The lowest BCUT2D eigenvalue weighted by Crippen LogP contribution is -2.39. The van der Waals surface area contributed by atoms with Crippen LogP contribution < -0.4 is 10.9 Å². The zero-order valence-electron chi connectivity index (χ0n) is 18.4. The second-order valence-electron chi connectivity index (χ2n) is 8.24. The molecule has 3 N–H and O–H groups in total. The monoisotopic (exact) mass is 465 g/mol. The second-order valence-corrected chi connectivity index (χ2v) is 8.24. The number of aromatic hydroxyl groups is 1. The van der Waals surface area contributed by atoms with Crippen LogP contribution in [0.2, 0.25) is 0 Å². The number of hydrogen-bond donors (Lipinski definition) is 3. The Kier molecular flexibility index (Phi) is 6.06. The van der Waals surface area contributed by atoms with E-state index < -0.39 is 35.2 Å². The largest absolute Gasteiger partial charge is 0.505 e. The number of carboxylic acids is 1. The average Bonchev–Trinajstić information content (AvgIpc) is 3.62. The van der Waals surface area contributed by atoms with Crippen molar-refractivity contribution in [3.05, 3.63) is 70.4 Å². The molecule has 1 aliphatic carbocycles. The van der Waals surface area contributed by atoms with Gasteiger partial charge in [0.2, 0.25) is 0 Å². The van der Waals surface area contributed by atoms with Gasteiger partial charge in [-0.3, -0.25) is 19.2 Å². The Bertz CT molecular complexity index is 1330. The van der Waals surface area contributed by atoms with Gasteiger partial charge in [-0.25, -0.2) is 4.98 Å². The fraction of sp³-hybridized carbons (Fsp3) is 0.292. The van der Waals surface area contributed by atoms with Crippen LogP contribution in [0.4, 0.5) is 0 Å². The fourth-order valence-electron chi connectivity index (χ4n) is 3.66. The summed E-state index contributed by atoms with van der Waals surface area (Å²) in [5, 5.41) is 22.4. The van der Waals surface area contributed by atoms with Crippen LogP contribution in [0.15, 0.2) is 53.6 Å². The van der Waals surface area contributed by atoms with Gasteiger partial charge in [0.25, 0.3) is 11.5 Å². The topological polar surface area (TPSA) is 148 Å². The molecule has 0 radical (unpaired) electrons. The third kappa shape index (κ3) is 4.34. The second kappa shape index (κ2) is 8.97. The molecule has 1 fully saturated rings. The molecule has 0 saturated heterocycles. The predicted octanol–water partition coefficient (Wildman–Crippen LogP) is 1.83. The average molecular weight is 465 g/mol. The number of pyridine rings is 2. The fourth-order valence-corrected chi connectivity index (χ4v) is 3.66. The Morgan fingerprint density at radius 3 is 2.53 bits per heavy atom. The van der Waals surface area contributed by atoms with Gasteiger partial charge in [-0.2, -0.15) is 0 Å². The summed E-state index contributed by atoms with van der Waals surface area (Å²) in [6.45, 7) is 1.79. The summed E-state index contributed by atoms with van der Waals surface area (Å²) in [5.74, 6) is -3.52. The number of fused-ring (bicyclic) bond motifs is 1. The van der Waals surface area contributed by atoms with E-state index >= 15 is 0 Å². The van der Waals surface area contributed by atoms with Gasteiger partial charge in [0.15, 0.2) is 23.1 Å². The lowest BCUT2D eigenvalue weighted by atomic mass is 10.1. The van der Waals surface area contributed by atoms with E-state index in [4.69, 9.17) is 9.84 Å².